The number of carboxylic acid groups (broad SMARTS) is 1. The van der Waals surface area contributed by atoms with Crippen LogP contribution in [0.4, 0.5) is 10.1 Å². The Morgan fingerprint density at radius 3 is 2.80 bits per heavy atom. The molecular weight excluding hydrogens is 267 g/mol. The van der Waals surface area contributed by atoms with Gasteiger partial charge in [0.05, 0.1) is 6.20 Å². The maximum atomic E-state index is 13.2. The summed E-state index contributed by atoms with van der Waals surface area (Å²) in [6.07, 6.45) is 1.20. The van der Waals surface area contributed by atoms with E-state index in [0.717, 1.165) is 4.68 Å². The Labute approximate surface area is 113 Å². The number of aromatic nitrogens is 3. The first kappa shape index (κ1) is 13.7. The van der Waals surface area contributed by atoms with Crippen molar-refractivity contribution in [3.8, 4) is 0 Å². The van der Waals surface area contributed by atoms with E-state index in [0.29, 0.717) is 11.3 Å². The molecule has 0 saturated heterocycles. The van der Waals surface area contributed by atoms with E-state index in [1.165, 1.54) is 18.3 Å². The Morgan fingerprint density at radius 1 is 1.40 bits per heavy atom. The first-order chi connectivity index (χ1) is 9.44. The molecule has 0 aliphatic heterocycles. The quantitative estimate of drug-likeness (QED) is 0.871. The minimum absolute atomic E-state index is 0.0480. The van der Waals surface area contributed by atoms with Crippen molar-refractivity contribution >= 4 is 17.6 Å². The predicted octanol–water partition coefficient (Wildman–Crippen LogP) is 1.06. The zero-order valence-electron chi connectivity index (χ0n) is 10.5. The summed E-state index contributed by atoms with van der Waals surface area (Å²) in [6, 6.07) is 4.11. The number of amides is 1. The number of anilines is 1. The highest BCUT2D eigenvalue weighted by molar-refractivity contribution is 6.02. The number of carbonyl (C=O) groups excluding carboxylic acids is 1. The molecule has 0 atom stereocenters. The number of aryl methyl sites for hydroxylation is 1. The Bertz CT molecular complexity index is 648. The van der Waals surface area contributed by atoms with E-state index in [4.69, 9.17) is 5.11 Å². The summed E-state index contributed by atoms with van der Waals surface area (Å²) in [6.45, 7) is 1.31. The summed E-state index contributed by atoms with van der Waals surface area (Å²) < 4.78 is 14.2. The number of halogens is 1. The van der Waals surface area contributed by atoms with Gasteiger partial charge in [-0.3, -0.25) is 9.59 Å². The number of hydrogen-bond acceptors (Lipinski definition) is 4. The van der Waals surface area contributed by atoms with Crippen LogP contribution in [0.25, 0.3) is 0 Å². The second-order valence-electron chi connectivity index (χ2n) is 4.17. The standard InChI is InChI=1S/C12H11FN4O3/c1-7-2-8(13)4-9(3-7)14-12(20)10-5-17(16-15-10)6-11(18)19/h2-5H,6H2,1H3,(H,14,20)(H,18,19). The van der Waals surface area contributed by atoms with Gasteiger partial charge in [0.25, 0.3) is 5.91 Å². The fraction of sp³-hybridized carbons (Fsp3) is 0.167. The maximum Gasteiger partial charge on any atom is 0.325 e. The summed E-state index contributed by atoms with van der Waals surface area (Å²) in [5.41, 5.74) is 0.906. The van der Waals surface area contributed by atoms with Gasteiger partial charge in [0.2, 0.25) is 0 Å². The van der Waals surface area contributed by atoms with Crippen LogP contribution in [-0.2, 0) is 11.3 Å². The van der Waals surface area contributed by atoms with Gasteiger partial charge >= 0.3 is 5.97 Å². The van der Waals surface area contributed by atoms with E-state index in [9.17, 15) is 14.0 Å². The van der Waals surface area contributed by atoms with Gasteiger partial charge < -0.3 is 10.4 Å². The van der Waals surface area contributed by atoms with E-state index in [1.807, 2.05) is 0 Å². The molecule has 0 aliphatic carbocycles. The van der Waals surface area contributed by atoms with Gasteiger partial charge in [0, 0.05) is 5.69 Å². The molecule has 0 radical (unpaired) electrons. The molecule has 1 aromatic heterocycles. The first-order valence-electron chi connectivity index (χ1n) is 5.64. The Balaban J connectivity index is 2.11. The molecule has 0 bridgehead atoms. The van der Waals surface area contributed by atoms with Crippen LogP contribution in [0.5, 0.6) is 0 Å². The highest BCUT2D eigenvalue weighted by Crippen LogP contribution is 2.14. The van der Waals surface area contributed by atoms with Gasteiger partial charge in [-0.25, -0.2) is 9.07 Å². The summed E-state index contributed by atoms with van der Waals surface area (Å²) in [5, 5.41) is 18.1. The highest BCUT2D eigenvalue weighted by Gasteiger charge is 2.12. The third-order valence-electron chi connectivity index (χ3n) is 2.37. The van der Waals surface area contributed by atoms with E-state index in [2.05, 4.69) is 15.6 Å². The SMILES string of the molecule is Cc1cc(F)cc(NC(=O)c2cn(CC(=O)O)nn2)c1. The number of nitrogens with zero attached hydrogens (tertiary/aromatic N) is 3. The van der Waals surface area contributed by atoms with Crippen LogP contribution < -0.4 is 5.32 Å². The van der Waals surface area contributed by atoms with Crippen molar-refractivity contribution in [1.29, 1.82) is 0 Å². The van der Waals surface area contributed by atoms with Crippen molar-refractivity contribution in [2.24, 2.45) is 0 Å². The van der Waals surface area contributed by atoms with Crippen molar-refractivity contribution in [3.63, 3.8) is 0 Å². The molecular formula is C12H11FN4O3. The van der Waals surface area contributed by atoms with E-state index in [-0.39, 0.29) is 12.2 Å². The lowest BCUT2D eigenvalue weighted by Gasteiger charge is -2.04. The van der Waals surface area contributed by atoms with Crippen LogP contribution in [0, 0.1) is 12.7 Å². The molecule has 0 unspecified atom stereocenters. The zero-order valence-corrected chi connectivity index (χ0v) is 10.5. The number of nitrogens with one attached hydrogen (secondary N) is 1. The number of rotatable bonds is 4. The van der Waals surface area contributed by atoms with Gasteiger partial charge in [-0.2, -0.15) is 0 Å². The summed E-state index contributed by atoms with van der Waals surface area (Å²) in [5.74, 6) is -2.15. The lowest BCUT2D eigenvalue weighted by Crippen LogP contribution is -2.13. The Kier molecular flexibility index (Phi) is 3.74. The normalized spacial score (nSPS) is 10.3. The number of carbonyl (C=O) groups is 2. The topological polar surface area (TPSA) is 97.1 Å². The van der Waals surface area contributed by atoms with Crippen LogP contribution in [0.1, 0.15) is 16.1 Å². The summed E-state index contributed by atoms with van der Waals surface area (Å²) in [7, 11) is 0. The van der Waals surface area contributed by atoms with Gasteiger partial charge in [-0.1, -0.05) is 5.21 Å². The molecule has 0 spiro atoms. The zero-order chi connectivity index (χ0) is 14.7. The lowest BCUT2D eigenvalue weighted by atomic mass is 10.2. The molecule has 1 aromatic carbocycles. The van der Waals surface area contributed by atoms with Crippen LogP contribution in [-0.4, -0.2) is 32.0 Å². The molecule has 2 aromatic rings. The number of carboxylic acids is 1. The van der Waals surface area contributed by atoms with Crippen LogP contribution >= 0.6 is 0 Å². The number of aliphatic carboxylic acids is 1. The minimum atomic E-state index is -1.09. The first-order valence-corrected chi connectivity index (χ1v) is 5.64. The largest absolute Gasteiger partial charge is 0.480 e. The molecule has 20 heavy (non-hydrogen) atoms. The third kappa shape index (κ3) is 3.37. The van der Waals surface area contributed by atoms with E-state index in [1.54, 1.807) is 13.0 Å². The summed E-state index contributed by atoms with van der Waals surface area (Å²) >= 11 is 0. The second-order valence-corrected chi connectivity index (χ2v) is 4.17. The molecule has 0 saturated carbocycles. The lowest BCUT2D eigenvalue weighted by molar-refractivity contribution is -0.137. The Morgan fingerprint density at radius 2 is 2.15 bits per heavy atom. The second kappa shape index (κ2) is 5.47. The fourth-order valence-corrected chi connectivity index (χ4v) is 1.62. The molecule has 2 N–H and O–H groups in total. The smallest absolute Gasteiger partial charge is 0.325 e. The van der Waals surface area contributed by atoms with E-state index >= 15 is 0 Å². The van der Waals surface area contributed by atoms with Gasteiger partial charge in [-0.15, -0.1) is 5.10 Å². The molecule has 2 rings (SSSR count). The van der Waals surface area contributed by atoms with Crippen molar-refractivity contribution in [3.05, 3.63) is 41.5 Å². The molecule has 7 nitrogen and oxygen atoms in total. The van der Waals surface area contributed by atoms with Crippen LogP contribution in [0.2, 0.25) is 0 Å². The van der Waals surface area contributed by atoms with Gasteiger partial charge in [-0.05, 0) is 30.7 Å². The number of hydrogen-bond donors (Lipinski definition) is 2. The van der Waals surface area contributed by atoms with Crippen molar-refractivity contribution in [2.75, 3.05) is 5.32 Å². The average molecular weight is 278 g/mol. The van der Waals surface area contributed by atoms with Crippen LogP contribution in [0.15, 0.2) is 24.4 Å². The molecule has 1 amide bonds. The minimum Gasteiger partial charge on any atom is -0.480 e. The third-order valence-corrected chi connectivity index (χ3v) is 2.37. The van der Waals surface area contributed by atoms with Gasteiger partial charge in [0.1, 0.15) is 12.4 Å². The Hall–Kier alpha value is -2.77. The van der Waals surface area contributed by atoms with E-state index < -0.39 is 17.7 Å². The number of benzene rings is 1. The van der Waals surface area contributed by atoms with Crippen LogP contribution in [0.3, 0.4) is 0 Å². The average Bonchev–Trinajstić information content (AvgIpc) is 2.75. The molecule has 8 heteroatoms. The molecule has 0 fully saturated rings. The maximum absolute atomic E-state index is 13.2. The molecule has 104 valence electrons. The fourth-order valence-electron chi connectivity index (χ4n) is 1.62. The van der Waals surface area contributed by atoms with Gasteiger partial charge in [0.15, 0.2) is 5.69 Å². The van der Waals surface area contributed by atoms with Crippen molar-refractivity contribution < 1.29 is 19.1 Å². The monoisotopic (exact) mass is 278 g/mol. The highest BCUT2D eigenvalue weighted by atomic mass is 19.1. The molecule has 0 aliphatic rings. The van der Waals surface area contributed by atoms with Crippen molar-refractivity contribution in [2.45, 2.75) is 13.5 Å². The summed E-state index contributed by atoms with van der Waals surface area (Å²) in [4.78, 5) is 22.3. The van der Waals surface area contributed by atoms with Crippen molar-refractivity contribution in [1.82, 2.24) is 15.0 Å². The predicted molar refractivity (Wildman–Crippen MR) is 66.7 cm³/mol. The molecule has 1 heterocycles.